The van der Waals surface area contributed by atoms with Crippen molar-refractivity contribution in [2.24, 2.45) is 0 Å². The summed E-state index contributed by atoms with van der Waals surface area (Å²) in [4.78, 5) is 24.5. The summed E-state index contributed by atoms with van der Waals surface area (Å²) < 4.78 is 23.6. The van der Waals surface area contributed by atoms with Crippen molar-refractivity contribution in [2.75, 3.05) is 5.75 Å². The maximum atomic E-state index is 12.9. The summed E-state index contributed by atoms with van der Waals surface area (Å²) in [6, 6.07) is 5.51. The Morgan fingerprint density at radius 3 is 2.11 bits per heavy atom. The second-order valence-corrected chi connectivity index (χ2v) is 9.31. The van der Waals surface area contributed by atoms with Crippen LogP contribution in [0, 0.1) is 5.82 Å². The molecule has 27 heavy (non-hydrogen) atoms. The van der Waals surface area contributed by atoms with Gasteiger partial charge in [-0.2, -0.15) is 11.8 Å². The van der Waals surface area contributed by atoms with E-state index in [1.54, 1.807) is 65.4 Å². The number of esters is 1. The minimum atomic E-state index is -0.792. The van der Waals surface area contributed by atoms with E-state index in [0.29, 0.717) is 17.9 Å². The maximum Gasteiger partial charge on any atom is 0.408 e. The molecule has 0 aliphatic heterocycles. The van der Waals surface area contributed by atoms with Crippen LogP contribution in [0.2, 0.25) is 0 Å². The molecule has 5 nitrogen and oxygen atoms in total. The van der Waals surface area contributed by atoms with E-state index in [0.717, 1.165) is 5.56 Å². The van der Waals surface area contributed by atoms with Crippen molar-refractivity contribution in [3.05, 3.63) is 35.6 Å². The van der Waals surface area contributed by atoms with Crippen molar-refractivity contribution in [1.29, 1.82) is 0 Å². The monoisotopic (exact) mass is 399 g/mol. The standard InChI is InChI=1S/C20H30FNO4S/c1-19(2,3)25-17(23)16(22-18(24)26-20(4,5)6)11-12-27-13-14-7-9-15(21)10-8-14/h7-10,16H,11-13H2,1-6H3,(H,22,24)/t16-/m0/s1. The molecule has 0 aliphatic rings. The fourth-order valence-corrected chi connectivity index (χ4v) is 3.02. The van der Waals surface area contributed by atoms with Crippen LogP contribution in [0.25, 0.3) is 0 Å². The summed E-state index contributed by atoms with van der Waals surface area (Å²) >= 11 is 1.59. The molecular weight excluding hydrogens is 369 g/mol. The van der Waals surface area contributed by atoms with Crippen LogP contribution in [0.15, 0.2) is 24.3 Å². The third kappa shape index (κ3) is 10.9. The first-order chi connectivity index (χ1) is 12.4. The van der Waals surface area contributed by atoms with Crippen LogP contribution >= 0.6 is 11.8 Å². The van der Waals surface area contributed by atoms with Gasteiger partial charge in [0.2, 0.25) is 0 Å². The molecule has 0 radical (unpaired) electrons. The molecule has 0 heterocycles. The third-order valence-electron chi connectivity index (χ3n) is 3.12. The van der Waals surface area contributed by atoms with Gasteiger partial charge in [0.1, 0.15) is 23.1 Å². The Balaban J connectivity index is 2.60. The molecule has 1 rings (SSSR count). The van der Waals surface area contributed by atoms with Crippen LogP contribution in [-0.2, 0) is 20.0 Å². The molecule has 1 N–H and O–H groups in total. The maximum absolute atomic E-state index is 12.9. The fraction of sp³-hybridized carbons (Fsp3) is 0.600. The molecule has 1 amide bonds. The van der Waals surface area contributed by atoms with Gasteiger partial charge in [-0.3, -0.25) is 0 Å². The number of rotatable bonds is 7. The van der Waals surface area contributed by atoms with Crippen molar-refractivity contribution >= 4 is 23.8 Å². The van der Waals surface area contributed by atoms with Crippen molar-refractivity contribution in [1.82, 2.24) is 5.32 Å². The highest BCUT2D eigenvalue weighted by molar-refractivity contribution is 7.98. The molecule has 1 aromatic rings. The SMILES string of the molecule is CC(C)(C)OC(=O)N[C@@H](CCSCc1ccc(F)cc1)C(=O)OC(C)(C)C. The van der Waals surface area contributed by atoms with Crippen LogP contribution in [0.3, 0.4) is 0 Å². The lowest BCUT2D eigenvalue weighted by Crippen LogP contribution is -2.46. The van der Waals surface area contributed by atoms with E-state index >= 15 is 0 Å². The highest BCUT2D eigenvalue weighted by atomic mass is 32.2. The van der Waals surface area contributed by atoms with E-state index in [2.05, 4.69) is 5.32 Å². The number of carbonyl (C=O) groups excluding carboxylic acids is 2. The van der Waals surface area contributed by atoms with Gasteiger partial charge < -0.3 is 14.8 Å². The fourth-order valence-electron chi connectivity index (χ4n) is 2.04. The van der Waals surface area contributed by atoms with E-state index in [4.69, 9.17) is 9.47 Å². The van der Waals surface area contributed by atoms with Crippen LogP contribution in [0.5, 0.6) is 0 Å². The predicted octanol–water partition coefficient (Wildman–Crippen LogP) is 4.68. The van der Waals surface area contributed by atoms with Gasteiger partial charge >= 0.3 is 12.1 Å². The number of halogens is 1. The summed E-state index contributed by atoms with van der Waals surface area (Å²) in [6.07, 6.45) is -0.248. The highest BCUT2D eigenvalue weighted by Crippen LogP contribution is 2.17. The van der Waals surface area contributed by atoms with Crippen molar-refractivity contribution in [2.45, 2.75) is 71.0 Å². The zero-order valence-electron chi connectivity index (χ0n) is 16.9. The number of alkyl carbamates (subject to hydrolysis) is 1. The van der Waals surface area contributed by atoms with E-state index in [1.807, 2.05) is 0 Å². The summed E-state index contributed by atoms with van der Waals surface area (Å²) in [5.41, 5.74) is -0.304. The molecule has 0 unspecified atom stereocenters. The van der Waals surface area contributed by atoms with Crippen molar-refractivity contribution < 1.29 is 23.5 Å². The Morgan fingerprint density at radius 1 is 1.04 bits per heavy atom. The zero-order valence-corrected chi connectivity index (χ0v) is 17.7. The van der Waals surface area contributed by atoms with Gasteiger partial charge in [0.25, 0.3) is 0 Å². The third-order valence-corrected chi connectivity index (χ3v) is 4.18. The molecular formula is C20H30FNO4S. The lowest BCUT2D eigenvalue weighted by atomic mass is 10.1. The Kier molecular flexibility index (Phi) is 8.59. The van der Waals surface area contributed by atoms with Crippen LogP contribution in [0.1, 0.15) is 53.5 Å². The van der Waals surface area contributed by atoms with Gasteiger partial charge in [-0.05, 0) is 71.4 Å². The smallest absolute Gasteiger partial charge is 0.408 e. The number of hydrogen-bond acceptors (Lipinski definition) is 5. The number of hydrogen-bond donors (Lipinski definition) is 1. The molecule has 7 heteroatoms. The predicted molar refractivity (Wildman–Crippen MR) is 106 cm³/mol. The van der Waals surface area contributed by atoms with E-state index in [1.165, 1.54) is 12.1 Å². The molecule has 0 bridgehead atoms. The van der Waals surface area contributed by atoms with E-state index < -0.39 is 29.3 Å². The zero-order chi connectivity index (χ0) is 20.7. The number of thioether (sulfide) groups is 1. The first kappa shape index (κ1) is 23.3. The van der Waals surface area contributed by atoms with Gasteiger partial charge in [0.15, 0.2) is 0 Å². The van der Waals surface area contributed by atoms with Crippen LogP contribution < -0.4 is 5.32 Å². The Hall–Kier alpha value is -1.76. The van der Waals surface area contributed by atoms with Gasteiger partial charge in [-0.25, -0.2) is 14.0 Å². The van der Waals surface area contributed by atoms with Gasteiger partial charge in [0, 0.05) is 5.75 Å². The first-order valence-corrected chi connectivity index (χ1v) is 10.1. The minimum absolute atomic E-state index is 0.268. The Bertz CT molecular complexity index is 620. The summed E-state index contributed by atoms with van der Waals surface area (Å²) in [5, 5.41) is 2.60. The largest absolute Gasteiger partial charge is 0.458 e. The molecule has 0 spiro atoms. The van der Waals surface area contributed by atoms with Crippen molar-refractivity contribution in [3.63, 3.8) is 0 Å². The van der Waals surface area contributed by atoms with E-state index in [-0.39, 0.29) is 5.82 Å². The summed E-state index contributed by atoms with van der Waals surface area (Å²) in [5.74, 6) is 0.552. The van der Waals surface area contributed by atoms with Crippen LogP contribution in [0.4, 0.5) is 9.18 Å². The number of carbonyl (C=O) groups is 2. The molecule has 152 valence electrons. The normalized spacial score (nSPS) is 13.0. The topological polar surface area (TPSA) is 64.6 Å². The average molecular weight is 400 g/mol. The number of amides is 1. The molecule has 0 saturated carbocycles. The molecule has 0 aliphatic carbocycles. The average Bonchev–Trinajstić information content (AvgIpc) is 2.48. The second kappa shape index (κ2) is 9.97. The summed E-state index contributed by atoms with van der Waals surface area (Å²) in [6.45, 7) is 10.6. The molecule has 0 saturated heterocycles. The number of nitrogens with one attached hydrogen (secondary N) is 1. The first-order valence-electron chi connectivity index (χ1n) is 8.90. The second-order valence-electron chi connectivity index (χ2n) is 8.20. The van der Waals surface area contributed by atoms with Crippen LogP contribution in [-0.4, -0.2) is 35.1 Å². The molecule has 1 atom stereocenters. The number of ether oxygens (including phenoxy) is 2. The Labute approximate surface area is 165 Å². The molecule has 0 aromatic heterocycles. The van der Waals surface area contributed by atoms with E-state index in [9.17, 15) is 14.0 Å². The number of benzene rings is 1. The van der Waals surface area contributed by atoms with Gasteiger partial charge in [0.05, 0.1) is 0 Å². The summed E-state index contributed by atoms with van der Waals surface area (Å²) in [7, 11) is 0. The molecule has 1 aromatic carbocycles. The lowest BCUT2D eigenvalue weighted by Gasteiger charge is -2.26. The lowest BCUT2D eigenvalue weighted by molar-refractivity contribution is -0.157. The van der Waals surface area contributed by atoms with Gasteiger partial charge in [-0.1, -0.05) is 12.1 Å². The quantitative estimate of drug-likeness (QED) is 0.532. The van der Waals surface area contributed by atoms with Crippen molar-refractivity contribution in [3.8, 4) is 0 Å². The minimum Gasteiger partial charge on any atom is -0.458 e. The van der Waals surface area contributed by atoms with Gasteiger partial charge in [-0.15, -0.1) is 0 Å². The molecule has 0 fully saturated rings. The Morgan fingerprint density at radius 2 is 1.59 bits per heavy atom. The highest BCUT2D eigenvalue weighted by Gasteiger charge is 2.28.